The second-order valence-electron chi connectivity index (χ2n) is 6.94. The first kappa shape index (κ1) is 25.9. The molecule has 3 rings (SSSR count). The Morgan fingerprint density at radius 2 is 1.74 bits per heavy atom. The summed E-state index contributed by atoms with van der Waals surface area (Å²) in [4.78, 5) is 35.1. The number of carbonyl (C=O) groups is 3. The van der Waals surface area contributed by atoms with Crippen molar-refractivity contribution in [2.24, 2.45) is 0 Å². The summed E-state index contributed by atoms with van der Waals surface area (Å²) < 4.78 is 37.0. The molecule has 180 valence electrons. The molecule has 0 spiro atoms. The SMILES string of the molecule is CN(C)C(=O)c1cc(-c2cn[nH]c2)ccc1NC(=O)OCc1ccccc1.O=C(O)C(F)(F)F. The highest BCUT2D eigenvalue weighted by Crippen LogP contribution is 2.26. The fourth-order valence-electron chi connectivity index (χ4n) is 2.53. The highest BCUT2D eigenvalue weighted by atomic mass is 19.4. The number of ether oxygens (including phenoxy) is 1. The number of carbonyl (C=O) groups excluding carboxylic acids is 2. The van der Waals surface area contributed by atoms with Gasteiger partial charge < -0.3 is 14.7 Å². The van der Waals surface area contributed by atoms with Gasteiger partial charge >= 0.3 is 18.2 Å². The van der Waals surface area contributed by atoms with Gasteiger partial charge in [-0.05, 0) is 23.3 Å². The van der Waals surface area contributed by atoms with E-state index in [1.165, 1.54) is 4.90 Å². The van der Waals surface area contributed by atoms with E-state index < -0.39 is 18.2 Å². The molecule has 34 heavy (non-hydrogen) atoms. The van der Waals surface area contributed by atoms with Gasteiger partial charge in [-0.2, -0.15) is 18.3 Å². The number of H-pyrrole nitrogens is 1. The topological polar surface area (TPSA) is 125 Å². The lowest BCUT2D eigenvalue weighted by Gasteiger charge is -2.16. The number of alkyl halides is 3. The molecule has 0 aliphatic carbocycles. The molecule has 1 aromatic heterocycles. The number of nitrogens with zero attached hydrogens (tertiary/aromatic N) is 2. The Labute approximate surface area is 192 Å². The van der Waals surface area contributed by atoms with Crippen LogP contribution in [0, 0.1) is 0 Å². The van der Waals surface area contributed by atoms with Gasteiger partial charge in [-0.15, -0.1) is 0 Å². The molecule has 0 unspecified atom stereocenters. The van der Waals surface area contributed by atoms with Crippen molar-refractivity contribution in [3.8, 4) is 11.1 Å². The molecule has 0 atom stereocenters. The molecule has 12 heteroatoms. The normalized spacial score (nSPS) is 10.5. The number of carboxylic acid groups (broad SMARTS) is 1. The number of nitrogens with one attached hydrogen (secondary N) is 2. The lowest BCUT2D eigenvalue weighted by molar-refractivity contribution is -0.192. The summed E-state index contributed by atoms with van der Waals surface area (Å²) in [5.74, 6) is -2.98. The van der Waals surface area contributed by atoms with E-state index in [0.29, 0.717) is 11.3 Å². The van der Waals surface area contributed by atoms with Gasteiger partial charge in [0.2, 0.25) is 0 Å². The standard InChI is InChI=1S/C20H20N4O3.C2HF3O2/c1-24(2)19(25)17-10-15(16-11-21-22-12-16)8-9-18(17)23-20(26)27-13-14-6-4-3-5-7-14;3-2(4,5)1(6)7/h3-12H,13H2,1-2H3,(H,21,22)(H,23,26);(H,6,7). The predicted octanol–water partition coefficient (Wildman–Crippen LogP) is 4.16. The summed E-state index contributed by atoms with van der Waals surface area (Å²) in [5, 5.41) is 16.4. The molecule has 0 radical (unpaired) electrons. The molecule has 0 saturated heterocycles. The van der Waals surface area contributed by atoms with Gasteiger partial charge in [-0.3, -0.25) is 15.2 Å². The maximum atomic E-state index is 12.6. The lowest BCUT2D eigenvalue weighted by Crippen LogP contribution is -2.24. The van der Waals surface area contributed by atoms with E-state index in [2.05, 4.69) is 15.5 Å². The zero-order valence-corrected chi connectivity index (χ0v) is 18.1. The minimum Gasteiger partial charge on any atom is -0.475 e. The van der Waals surface area contributed by atoms with Crippen LogP contribution in [0.4, 0.5) is 23.7 Å². The molecule has 3 aromatic rings. The third-order valence-corrected chi connectivity index (χ3v) is 4.18. The largest absolute Gasteiger partial charge is 0.490 e. The summed E-state index contributed by atoms with van der Waals surface area (Å²) in [6.45, 7) is 0.150. The molecule has 0 bridgehead atoms. The molecule has 0 aliphatic rings. The van der Waals surface area contributed by atoms with Crippen molar-refractivity contribution in [3.05, 3.63) is 72.1 Å². The van der Waals surface area contributed by atoms with Gasteiger partial charge in [0.25, 0.3) is 5.91 Å². The number of aliphatic carboxylic acids is 1. The summed E-state index contributed by atoms with van der Waals surface area (Å²) in [7, 11) is 3.31. The van der Waals surface area contributed by atoms with Gasteiger partial charge in [0, 0.05) is 25.9 Å². The first-order valence-corrected chi connectivity index (χ1v) is 9.61. The van der Waals surface area contributed by atoms with Crippen LogP contribution in [-0.2, 0) is 16.1 Å². The minimum absolute atomic E-state index is 0.150. The van der Waals surface area contributed by atoms with Crippen molar-refractivity contribution in [1.82, 2.24) is 15.1 Å². The van der Waals surface area contributed by atoms with E-state index in [1.807, 2.05) is 36.4 Å². The van der Waals surface area contributed by atoms with Crippen LogP contribution in [0.25, 0.3) is 11.1 Å². The number of halogens is 3. The van der Waals surface area contributed by atoms with Crippen LogP contribution in [0.1, 0.15) is 15.9 Å². The van der Waals surface area contributed by atoms with Gasteiger partial charge in [0.15, 0.2) is 0 Å². The highest BCUT2D eigenvalue weighted by Gasteiger charge is 2.38. The number of carboxylic acids is 1. The average molecular weight is 478 g/mol. The Morgan fingerprint density at radius 3 is 2.26 bits per heavy atom. The molecular weight excluding hydrogens is 457 g/mol. The molecule has 9 nitrogen and oxygen atoms in total. The number of aromatic amines is 1. The first-order valence-electron chi connectivity index (χ1n) is 9.61. The zero-order chi connectivity index (χ0) is 25.3. The second kappa shape index (κ2) is 11.5. The number of hydrogen-bond donors (Lipinski definition) is 3. The van der Waals surface area contributed by atoms with Gasteiger partial charge in [0.05, 0.1) is 17.4 Å². The van der Waals surface area contributed by atoms with Crippen LogP contribution in [0.2, 0.25) is 0 Å². The van der Waals surface area contributed by atoms with Crippen molar-refractivity contribution in [2.75, 3.05) is 19.4 Å². The predicted molar refractivity (Wildman–Crippen MR) is 116 cm³/mol. The minimum atomic E-state index is -5.08. The van der Waals surface area contributed by atoms with Crippen molar-refractivity contribution >= 4 is 23.7 Å². The van der Waals surface area contributed by atoms with E-state index in [9.17, 15) is 22.8 Å². The lowest BCUT2D eigenvalue weighted by atomic mass is 10.0. The van der Waals surface area contributed by atoms with Crippen molar-refractivity contribution in [3.63, 3.8) is 0 Å². The van der Waals surface area contributed by atoms with E-state index in [1.54, 1.807) is 38.6 Å². The fourth-order valence-corrected chi connectivity index (χ4v) is 2.53. The van der Waals surface area contributed by atoms with Gasteiger partial charge in [0.1, 0.15) is 6.61 Å². The van der Waals surface area contributed by atoms with Crippen LogP contribution in [0.3, 0.4) is 0 Å². The Morgan fingerprint density at radius 1 is 1.09 bits per heavy atom. The fraction of sp³-hybridized carbons (Fsp3) is 0.182. The Hall–Kier alpha value is -4.35. The number of aromatic nitrogens is 2. The number of anilines is 1. The molecular formula is C22H21F3N4O5. The van der Waals surface area contributed by atoms with Crippen LogP contribution in [0.5, 0.6) is 0 Å². The molecule has 2 amide bonds. The third kappa shape index (κ3) is 7.65. The number of hydrogen-bond acceptors (Lipinski definition) is 5. The highest BCUT2D eigenvalue weighted by molar-refractivity contribution is 6.03. The van der Waals surface area contributed by atoms with Crippen molar-refractivity contribution in [1.29, 1.82) is 0 Å². The maximum Gasteiger partial charge on any atom is 0.490 e. The Balaban J connectivity index is 0.000000509. The second-order valence-corrected chi connectivity index (χ2v) is 6.94. The average Bonchev–Trinajstić information content (AvgIpc) is 3.33. The van der Waals surface area contributed by atoms with E-state index in [-0.39, 0.29) is 12.5 Å². The van der Waals surface area contributed by atoms with Crippen molar-refractivity contribution < 1.29 is 37.4 Å². The Kier molecular flexibility index (Phi) is 8.76. The number of rotatable bonds is 5. The summed E-state index contributed by atoms with van der Waals surface area (Å²) in [6, 6.07) is 14.6. The maximum absolute atomic E-state index is 12.6. The van der Waals surface area contributed by atoms with Crippen LogP contribution < -0.4 is 5.32 Å². The number of benzene rings is 2. The monoisotopic (exact) mass is 478 g/mol. The smallest absolute Gasteiger partial charge is 0.475 e. The van der Waals surface area contributed by atoms with E-state index in [0.717, 1.165) is 16.7 Å². The van der Waals surface area contributed by atoms with Gasteiger partial charge in [-0.1, -0.05) is 36.4 Å². The third-order valence-electron chi connectivity index (χ3n) is 4.18. The van der Waals surface area contributed by atoms with Crippen LogP contribution in [0.15, 0.2) is 60.9 Å². The summed E-state index contributed by atoms with van der Waals surface area (Å²) >= 11 is 0. The molecule has 2 aromatic carbocycles. The Bertz CT molecular complexity index is 1120. The van der Waals surface area contributed by atoms with Crippen LogP contribution >= 0.6 is 0 Å². The summed E-state index contributed by atoms with van der Waals surface area (Å²) in [6.07, 6.45) is -2.30. The molecule has 0 fully saturated rings. The molecule has 1 heterocycles. The first-order chi connectivity index (χ1) is 16.0. The van der Waals surface area contributed by atoms with E-state index >= 15 is 0 Å². The van der Waals surface area contributed by atoms with E-state index in [4.69, 9.17) is 14.6 Å². The van der Waals surface area contributed by atoms with Crippen molar-refractivity contribution in [2.45, 2.75) is 12.8 Å². The van der Waals surface area contributed by atoms with Crippen LogP contribution in [-0.4, -0.2) is 58.4 Å². The molecule has 3 N–H and O–H groups in total. The molecule has 0 saturated carbocycles. The quantitative estimate of drug-likeness (QED) is 0.506. The van der Waals surface area contributed by atoms with Gasteiger partial charge in [-0.25, -0.2) is 9.59 Å². The summed E-state index contributed by atoms with van der Waals surface area (Å²) in [5.41, 5.74) is 3.31. The number of amides is 2. The molecule has 0 aliphatic heterocycles. The zero-order valence-electron chi connectivity index (χ0n) is 18.1.